The number of benzene rings is 1. The Morgan fingerprint density at radius 3 is 2.73 bits per heavy atom. The van der Waals surface area contributed by atoms with Crippen molar-refractivity contribution in [1.29, 1.82) is 0 Å². The molecule has 3 heterocycles. The van der Waals surface area contributed by atoms with Gasteiger partial charge in [-0.15, -0.1) is 10.2 Å². The summed E-state index contributed by atoms with van der Waals surface area (Å²) in [4.78, 5) is 16.7. The normalized spacial score (nSPS) is 16.9. The fraction of sp³-hybridized carbons (Fsp3) is 0.500. The van der Waals surface area contributed by atoms with Crippen LogP contribution in [0.2, 0.25) is 0 Å². The number of hydrogen-bond acceptors (Lipinski definition) is 6. The van der Waals surface area contributed by atoms with Crippen molar-refractivity contribution in [2.75, 3.05) is 33.0 Å². The molecule has 0 unspecified atom stereocenters. The van der Waals surface area contributed by atoms with Gasteiger partial charge in [0.2, 0.25) is 12.7 Å². The second-order valence-corrected chi connectivity index (χ2v) is 6.70. The molecule has 0 spiro atoms. The van der Waals surface area contributed by atoms with Gasteiger partial charge >= 0.3 is 0 Å². The van der Waals surface area contributed by atoms with Crippen LogP contribution >= 0.6 is 0 Å². The smallest absolute Gasteiger partial charge is 0.231 e. The molecule has 2 aliphatic heterocycles. The Kier molecular flexibility index (Phi) is 4.75. The van der Waals surface area contributed by atoms with E-state index in [1.54, 1.807) is 6.33 Å². The second kappa shape index (κ2) is 7.33. The molecule has 1 fully saturated rings. The summed E-state index contributed by atoms with van der Waals surface area (Å²) in [5.74, 6) is 2.67. The second-order valence-electron chi connectivity index (χ2n) is 6.70. The Labute approximate surface area is 152 Å². The van der Waals surface area contributed by atoms with E-state index in [2.05, 4.69) is 21.2 Å². The summed E-state index contributed by atoms with van der Waals surface area (Å²) in [7, 11) is 1.90. The highest BCUT2D eigenvalue weighted by Crippen LogP contribution is 2.32. The van der Waals surface area contributed by atoms with Crippen molar-refractivity contribution in [3.8, 4) is 11.5 Å². The molecule has 8 nitrogen and oxygen atoms in total. The van der Waals surface area contributed by atoms with Gasteiger partial charge in [0, 0.05) is 52.6 Å². The van der Waals surface area contributed by atoms with E-state index in [4.69, 9.17) is 9.47 Å². The maximum Gasteiger partial charge on any atom is 0.231 e. The molecular weight excluding hydrogens is 334 g/mol. The number of rotatable bonds is 5. The summed E-state index contributed by atoms with van der Waals surface area (Å²) >= 11 is 0. The predicted octanol–water partition coefficient (Wildman–Crippen LogP) is 0.821. The first-order valence-electron chi connectivity index (χ1n) is 8.90. The van der Waals surface area contributed by atoms with Crippen molar-refractivity contribution in [1.82, 2.24) is 24.6 Å². The maximum absolute atomic E-state index is 12.4. The van der Waals surface area contributed by atoms with Crippen LogP contribution in [0.1, 0.15) is 17.8 Å². The van der Waals surface area contributed by atoms with Gasteiger partial charge < -0.3 is 18.9 Å². The minimum absolute atomic E-state index is 0.190. The van der Waals surface area contributed by atoms with Crippen LogP contribution in [-0.4, -0.2) is 63.4 Å². The van der Waals surface area contributed by atoms with Crippen LogP contribution in [0.3, 0.4) is 0 Å². The molecule has 26 heavy (non-hydrogen) atoms. The molecule has 8 heteroatoms. The molecule has 138 valence electrons. The van der Waals surface area contributed by atoms with Crippen molar-refractivity contribution in [2.24, 2.45) is 7.05 Å². The number of hydrogen-bond donors (Lipinski definition) is 0. The topological polar surface area (TPSA) is 72.7 Å². The number of fused-ring (bicyclic) bond motifs is 1. The van der Waals surface area contributed by atoms with E-state index in [0.717, 1.165) is 50.0 Å². The van der Waals surface area contributed by atoms with E-state index in [-0.39, 0.29) is 5.91 Å². The monoisotopic (exact) mass is 357 g/mol. The zero-order valence-electron chi connectivity index (χ0n) is 14.9. The summed E-state index contributed by atoms with van der Waals surface area (Å²) in [5, 5.41) is 7.88. The van der Waals surface area contributed by atoms with Crippen molar-refractivity contribution in [2.45, 2.75) is 19.4 Å². The van der Waals surface area contributed by atoms with Crippen molar-refractivity contribution >= 4 is 5.91 Å². The molecule has 0 radical (unpaired) electrons. The Balaban J connectivity index is 1.24. The number of aromatic nitrogens is 3. The molecule has 2 aliphatic rings. The van der Waals surface area contributed by atoms with Crippen molar-refractivity contribution in [3.05, 3.63) is 35.9 Å². The van der Waals surface area contributed by atoms with E-state index in [1.807, 2.05) is 28.6 Å². The van der Waals surface area contributed by atoms with E-state index in [0.29, 0.717) is 19.6 Å². The summed E-state index contributed by atoms with van der Waals surface area (Å²) in [6.45, 7) is 4.45. The minimum Gasteiger partial charge on any atom is -0.454 e. The number of carbonyl (C=O) groups is 1. The molecule has 0 atom stereocenters. The lowest BCUT2D eigenvalue weighted by atomic mass is 10.1. The third-order valence-electron chi connectivity index (χ3n) is 4.94. The fourth-order valence-electron chi connectivity index (χ4n) is 3.36. The van der Waals surface area contributed by atoms with Gasteiger partial charge in [0.25, 0.3) is 0 Å². The van der Waals surface area contributed by atoms with Gasteiger partial charge in [-0.3, -0.25) is 9.69 Å². The molecule has 2 aromatic rings. The van der Waals surface area contributed by atoms with Crippen LogP contribution in [0, 0.1) is 0 Å². The Hall–Kier alpha value is -2.61. The van der Waals surface area contributed by atoms with Gasteiger partial charge in [-0.1, -0.05) is 6.07 Å². The van der Waals surface area contributed by atoms with Crippen LogP contribution in [-0.2, 0) is 24.8 Å². The highest BCUT2D eigenvalue weighted by Gasteiger charge is 2.22. The number of ether oxygens (including phenoxy) is 2. The minimum atomic E-state index is 0.190. The first kappa shape index (κ1) is 16.8. The summed E-state index contributed by atoms with van der Waals surface area (Å²) in [6, 6.07) is 6.08. The highest BCUT2D eigenvalue weighted by atomic mass is 16.7. The Bertz CT molecular complexity index is 783. The average molecular weight is 357 g/mol. The number of aryl methyl sites for hydroxylation is 2. The first-order valence-corrected chi connectivity index (χ1v) is 8.90. The maximum atomic E-state index is 12.4. The first-order chi connectivity index (χ1) is 12.7. The SMILES string of the molecule is Cn1cnnc1CCC(=O)N1CCN(Cc2ccc3c(c2)OCO3)CC1. The van der Waals surface area contributed by atoms with Crippen LogP contribution < -0.4 is 9.47 Å². The number of nitrogens with zero attached hydrogens (tertiary/aromatic N) is 5. The van der Waals surface area contributed by atoms with Crippen molar-refractivity contribution in [3.63, 3.8) is 0 Å². The van der Waals surface area contributed by atoms with Gasteiger partial charge in [-0.2, -0.15) is 0 Å². The summed E-state index contributed by atoms with van der Waals surface area (Å²) < 4.78 is 12.6. The molecule has 0 aliphatic carbocycles. The number of amides is 1. The number of carbonyl (C=O) groups excluding carboxylic acids is 1. The molecule has 1 saturated heterocycles. The van der Waals surface area contributed by atoms with E-state index < -0.39 is 0 Å². The standard InChI is InChI=1S/C18H23N5O3/c1-21-12-19-20-17(21)4-5-18(24)23-8-6-22(7-9-23)11-14-2-3-15-16(10-14)26-13-25-15/h2-3,10,12H,4-9,11,13H2,1H3. The van der Waals surface area contributed by atoms with E-state index >= 15 is 0 Å². The molecule has 4 rings (SSSR count). The van der Waals surface area contributed by atoms with E-state index in [1.165, 1.54) is 5.56 Å². The lowest BCUT2D eigenvalue weighted by Gasteiger charge is -2.34. The molecular formula is C18H23N5O3. The van der Waals surface area contributed by atoms with Gasteiger partial charge in [-0.05, 0) is 17.7 Å². The molecule has 0 bridgehead atoms. The zero-order chi connectivity index (χ0) is 17.9. The van der Waals surface area contributed by atoms with Gasteiger partial charge in [0.15, 0.2) is 11.5 Å². The lowest BCUT2D eigenvalue weighted by Crippen LogP contribution is -2.48. The average Bonchev–Trinajstić information content (AvgIpc) is 3.28. The van der Waals surface area contributed by atoms with E-state index in [9.17, 15) is 4.79 Å². The molecule has 1 aromatic carbocycles. The molecule has 1 aromatic heterocycles. The molecule has 1 amide bonds. The fourth-order valence-corrected chi connectivity index (χ4v) is 3.36. The molecule has 0 N–H and O–H groups in total. The van der Waals surface area contributed by atoms with Gasteiger partial charge in [0.05, 0.1) is 0 Å². The van der Waals surface area contributed by atoms with Crippen LogP contribution in [0.15, 0.2) is 24.5 Å². The van der Waals surface area contributed by atoms with Crippen LogP contribution in [0.4, 0.5) is 0 Å². The van der Waals surface area contributed by atoms with Crippen LogP contribution in [0.25, 0.3) is 0 Å². The largest absolute Gasteiger partial charge is 0.454 e. The van der Waals surface area contributed by atoms with Gasteiger partial charge in [-0.25, -0.2) is 0 Å². The Morgan fingerprint density at radius 2 is 1.96 bits per heavy atom. The number of piperazine rings is 1. The van der Waals surface area contributed by atoms with Gasteiger partial charge in [0.1, 0.15) is 12.2 Å². The quantitative estimate of drug-likeness (QED) is 0.789. The predicted molar refractivity (Wildman–Crippen MR) is 93.7 cm³/mol. The summed E-state index contributed by atoms with van der Waals surface area (Å²) in [5.41, 5.74) is 1.20. The Morgan fingerprint density at radius 1 is 1.15 bits per heavy atom. The van der Waals surface area contributed by atoms with Crippen LogP contribution in [0.5, 0.6) is 11.5 Å². The zero-order valence-corrected chi connectivity index (χ0v) is 14.9. The third kappa shape index (κ3) is 3.65. The third-order valence-corrected chi connectivity index (χ3v) is 4.94. The van der Waals surface area contributed by atoms with Crippen molar-refractivity contribution < 1.29 is 14.3 Å². The molecule has 0 saturated carbocycles. The lowest BCUT2D eigenvalue weighted by molar-refractivity contribution is -0.133. The highest BCUT2D eigenvalue weighted by molar-refractivity contribution is 5.76. The summed E-state index contributed by atoms with van der Waals surface area (Å²) in [6.07, 6.45) is 2.77.